The highest BCUT2D eigenvalue weighted by atomic mass is 35.5. The molecule has 0 saturated heterocycles. The van der Waals surface area contributed by atoms with Crippen LogP contribution in [0.25, 0.3) is 0 Å². The molecule has 0 saturated carbocycles. The van der Waals surface area contributed by atoms with Gasteiger partial charge >= 0.3 is 5.97 Å². The molecule has 0 radical (unpaired) electrons. The zero-order chi connectivity index (χ0) is 13.0. The summed E-state index contributed by atoms with van der Waals surface area (Å²) < 4.78 is 0. The summed E-state index contributed by atoms with van der Waals surface area (Å²) in [5.74, 6) is -0.976. The van der Waals surface area contributed by atoms with Gasteiger partial charge < -0.3 is 10.4 Å². The highest BCUT2D eigenvalue weighted by Gasteiger charge is 2.10. The van der Waals surface area contributed by atoms with Crippen LogP contribution in [-0.4, -0.2) is 17.6 Å². The number of hydrogen-bond acceptors (Lipinski definition) is 3. The standard InChI is InChI=1S/C13H12ClNO2S/c14-10-1-2-12(11(7-10)13(16)17)15-5-3-9-4-6-18-8-9/h1-2,4,6-8,15H,3,5H2,(H,16,17). The number of carboxylic acids is 1. The number of halogens is 1. The molecule has 18 heavy (non-hydrogen) atoms. The van der Waals surface area contributed by atoms with Crippen LogP contribution >= 0.6 is 22.9 Å². The molecule has 3 nitrogen and oxygen atoms in total. The van der Waals surface area contributed by atoms with Crippen LogP contribution in [0.4, 0.5) is 5.69 Å². The lowest BCUT2D eigenvalue weighted by Gasteiger charge is -2.09. The molecule has 0 spiro atoms. The predicted octanol–water partition coefficient (Wildman–Crippen LogP) is 3.75. The Kier molecular flexibility index (Phi) is 4.23. The summed E-state index contributed by atoms with van der Waals surface area (Å²) in [6, 6.07) is 6.89. The molecule has 1 aromatic heterocycles. The molecule has 0 bridgehead atoms. The van der Waals surface area contributed by atoms with Crippen LogP contribution < -0.4 is 5.32 Å². The van der Waals surface area contributed by atoms with Crippen molar-refractivity contribution in [2.45, 2.75) is 6.42 Å². The third kappa shape index (κ3) is 3.24. The maximum atomic E-state index is 11.1. The van der Waals surface area contributed by atoms with Crippen LogP contribution in [0.15, 0.2) is 35.0 Å². The van der Waals surface area contributed by atoms with Crippen LogP contribution in [0, 0.1) is 0 Å². The van der Waals surface area contributed by atoms with Gasteiger partial charge in [-0.15, -0.1) is 0 Å². The van der Waals surface area contributed by atoms with E-state index in [0.717, 1.165) is 6.42 Å². The Balaban J connectivity index is 2.02. The molecule has 0 aliphatic rings. The van der Waals surface area contributed by atoms with Crippen molar-refractivity contribution < 1.29 is 9.90 Å². The largest absolute Gasteiger partial charge is 0.478 e. The molecule has 2 rings (SSSR count). The molecule has 0 aliphatic heterocycles. The van der Waals surface area contributed by atoms with Crippen LogP contribution in [0.2, 0.25) is 5.02 Å². The summed E-state index contributed by atoms with van der Waals surface area (Å²) in [5.41, 5.74) is 2.05. The van der Waals surface area contributed by atoms with E-state index in [1.54, 1.807) is 23.5 Å². The Morgan fingerprint density at radius 2 is 2.22 bits per heavy atom. The fraction of sp³-hybridized carbons (Fsp3) is 0.154. The number of aromatic carboxylic acids is 1. The average molecular weight is 282 g/mol. The van der Waals surface area contributed by atoms with Crippen LogP contribution in [0.5, 0.6) is 0 Å². The smallest absolute Gasteiger partial charge is 0.337 e. The number of carboxylic acid groups (broad SMARTS) is 1. The third-order valence-corrected chi connectivity index (χ3v) is 3.49. The normalized spacial score (nSPS) is 10.3. The van der Waals surface area contributed by atoms with E-state index in [2.05, 4.69) is 16.8 Å². The van der Waals surface area contributed by atoms with Gasteiger partial charge in [0.25, 0.3) is 0 Å². The quantitative estimate of drug-likeness (QED) is 0.877. The highest BCUT2D eigenvalue weighted by molar-refractivity contribution is 7.07. The fourth-order valence-corrected chi connectivity index (χ4v) is 2.50. The monoisotopic (exact) mass is 281 g/mol. The molecule has 94 valence electrons. The first-order valence-corrected chi connectivity index (χ1v) is 6.76. The van der Waals surface area contributed by atoms with E-state index in [-0.39, 0.29) is 5.56 Å². The lowest BCUT2D eigenvalue weighted by Crippen LogP contribution is -2.09. The van der Waals surface area contributed by atoms with E-state index in [0.29, 0.717) is 17.3 Å². The molecule has 1 aromatic carbocycles. The van der Waals surface area contributed by atoms with Gasteiger partial charge in [0, 0.05) is 17.3 Å². The summed E-state index contributed by atoms with van der Waals surface area (Å²) in [5, 5.41) is 16.7. The summed E-state index contributed by atoms with van der Waals surface area (Å²) in [4.78, 5) is 11.1. The maximum Gasteiger partial charge on any atom is 0.337 e. The zero-order valence-electron chi connectivity index (χ0n) is 9.52. The zero-order valence-corrected chi connectivity index (χ0v) is 11.1. The van der Waals surface area contributed by atoms with Gasteiger partial charge in [0.05, 0.1) is 5.56 Å². The first-order valence-electron chi connectivity index (χ1n) is 5.44. The number of benzene rings is 1. The van der Waals surface area contributed by atoms with Gasteiger partial charge in [0.1, 0.15) is 0 Å². The molecule has 1 heterocycles. The van der Waals surface area contributed by atoms with Crippen LogP contribution in [-0.2, 0) is 6.42 Å². The minimum Gasteiger partial charge on any atom is -0.478 e. The Morgan fingerprint density at radius 3 is 2.89 bits per heavy atom. The van der Waals surface area contributed by atoms with Gasteiger partial charge in [-0.2, -0.15) is 11.3 Å². The molecule has 2 N–H and O–H groups in total. The number of hydrogen-bond donors (Lipinski definition) is 2. The van der Waals surface area contributed by atoms with Gasteiger partial charge in [0.2, 0.25) is 0 Å². The maximum absolute atomic E-state index is 11.1. The second kappa shape index (κ2) is 5.89. The average Bonchev–Trinajstić information content (AvgIpc) is 2.84. The van der Waals surface area contributed by atoms with Crippen molar-refractivity contribution in [3.05, 3.63) is 51.2 Å². The van der Waals surface area contributed by atoms with E-state index in [1.807, 2.05) is 5.38 Å². The van der Waals surface area contributed by atoms with E-state index in [4.69, 9.17) is 16.7 Å². The molecule has 0 fully saturated rings. The van der Waals surface area contributed by atoms with Crippen molar-refractivity contribution in [2.24, 2.45) is 0 Å². The van der Waals surface area contributed by atoms with Gasteiger partial charge in [-0.05, 0) is 47.0 Å². The molecule has 2 aromatic rings. The summed E-state index contributed by atoms with van der Waals surface area (Å²) in [6.07, 6.45) is 0.866. The lowest BCUT2D eigenvalue weighted by molar-refractivity contribution is 0.0698. The topological polar surface area (TPSA) is 49.3 Å². The Bertz CT molecular complexity index is 540. The fourth-order valence-electron chi connectivity index (χ4n) is 1.62. The minimum atomic E-state index is -0.976. The van der Waals surface area contributed by atoms with Gasteiger partial charge in [0.15, 0.2) is 0 Å². The van der Waals surface area contributed by atoms with E-state index < -0.39 is 5.97 Å². The Morgan fingerprint density at radius 1 is 1.39 bits per heavy atom. The van der Waals surface area contributed by atoms with E-state index in [9.17, 15) is 4.79 Å². The van der Waals surface area contributed by atoms with Crippen LogP contribution in [0.3, 0.4) is 0 Å². The molecule has 0 atom stereocenters. The summed E-state index contributed by atoms with van der Waals surface area (Å²) >= 11 is 7.44. The first kappa shape index (κ1) is 12.9. The van der Waals surface area contributed by atoms with Crippen molar-refractivity contribution in [1.29, 1.82) is 0 Å². The van der Waals surface area contributed by atoms with Crippen LogP contribution in [0.1, 0.15) is 15.9 Å². The Labute approximate surface area is 114 Å². The van der Waals surface area contributed by atoms with E-state index in [1.165, 1.54) is 11.6 Å². The first-order chi connectivity index (χ1) is 8.66. The van der Waals surface area contributed by atoms with Crippen molar-refractivity contribution in [3.63, 3.8) is 0 Å². The SMILES string of the molecule is O=C(O)c1cc(Cl)ccc1NCCc1ccsc1. The number of nitrogens with one attached hydrogen (secondary N) is 1. The minimum absolute atomic E-state index is 0.202. The van der Waals surface area contributed by atoms with Crippen molar-refractivity contribution >= 4 is 34.6 Å². The van der Waals surface area contributed by atoms with E-state index >= 15 is 0 Å². The second-order valence-electron chi connectivity index (χ2n) is 3.80. The summed E-state index contributed by atoms with van der Waals surface area (Å²) in [7, 11) is 0. The van der Waals surface area contributed by atoms with Gasteiger partial charge in [-0.1, -0.05) is 11.6 Å². The lowest BCUT2D eigenvalue weighted by atomic mass is 10.1. The van der Waals surface area contributed by atoms with Gasteiger partial charge in [-0.3, -0.25) is 0 Å². The molecule has 0 unspecified atom stereocenters. The summed E-state index contributed by atoms with van der Waals surface area (Å²) in [6.45, 7) is 0.693. The molecular weight excluding hydrogens is 270 g/mol. The van der Waals surface area contributed by atoms with Crippen molar-refractivity contribution in [2.75, 3.05) is 11.9 Å². The van der Waals surface area contributed by atoms with Gasteiger partial charge in [-0.25, -0.2) is 4.79 Å². The molecular formula is C13H12ClNO2S. The second-order valence-corrected chi connectivity index (χ2v) is 5.02. The third-order valence-electron chi connectivity index (χ3n) is 2.52. The highest BCUT2D eigenvalue weighted by Crippen LogP contribution is 2.20. The Hall–Kier alpha value is -1.52. The molecule has 0 amide bonds. The number of rotatable bonds is 5. The molecule has 5 heteroatoms. The van der Waals surface area contributed by atoms with Crippen molar-refractivity contribution in [1.82, 2.24) is 0 Å². The van der Waals surface area contributed by atoms with Crippen molar-refractivity contribution in [3.8, 4) is 0 Å². The number of anilines is 1. The molecule has 0 aliphatic carbocycles. The number of thiophene rings is 1. The predicted molar refractivity (Wildman–Crippen MR) is 74.9 cm³/mol. The number of carbonyl (C=O) groups is 1.